The molecule has 0 amide bonds. The van der Waals surface area contributed by atoms with Crippen molar-refractivity contribution in [2.24, 2.45) is 0 Å². The highest BCUT2D eigenvalue weighted by molar-refractivity contribution is 8.00. The van der Waals surface area contributed by atoms with Crippen LogP contribution in [0.5, 0.6) is 11.5 Å². The minimum Gasteiger partial charge on any atom is -0.455 e. The van der Waals surface area contributed by atoms with Gasteiger partial charge < -0.3 is 9.47 Å². The molecule has 41 heavy (non-hydrogen) atoms. The number of aromatic nitrogens is 4. The maximum atomic E-state index is 13.0. The van der Waals surface area contributed by atoms with Crippen molar-refractivity contribution >= 4 is 29.4 Å². The Labute approximate surface area is 243 Å². The molecule has 2 aromatic heterocycles. The lowest BCUT2D eigenvalue weighted by Crippen LogP contribution is -2.18. The van der Waals surface area contributed by atoms with E-state index < -0.39 is 11.7 Å². The van der Waals surface area contributed by atoms with E-state index >= 15 is 0 Å². The molecule has 0 aliphatic rings. The molecule has 5 aromatic rings. The average Bonchev–Trinajstić information content (AvgIpc) is 2.99. The fourth-order valence-electron chi connectivity index (χ4n) is 3.88. The van der Waals surface area contributed by atoms with Crippen LogP contribution in [0.15, 0.2) is 102 Å². The van der Waals surface area contributed by atoms with Gasteiger partial charge in [0.25, 0.3) is 0 Å². The molecule has 5 rings (SSSR count). The molecule has 0 radical (unpaired) electrons. The normalized spacial score (nSPS) is 11.3. The Bertz CT molecular complexity index is 1610. The molecule has 0 saturated heterocycles. The SMILES string of the molecule is COCN(Sc1ccc(Oc2ccc(-c3ccc(C(F)(F)F)cc3)cc2-c2ccnnc2)c(Cl)c1)c1cccnn1. The summed E-state index contributed by atoms with van der Waals surface area (Å²) in [5, 5.41) is 16.2. The Morgan fingerprint density at radius 3 is 2.27 bits per heavy atom. The minimum atomic E-state index is -4.41. The van der Waals surface area contributed by atoms with E-state index in [2.05, 4.69) is 20.4 Å². The fourth-order valence-corrected chi connectivity index (χ4v) is 5.06. The first kappa shape index (κ1) is 28.3. The summed E-state index contributed by atoms with van der Waals surface area (Å²) in [6.07, 6.45) is 0.312. The molecule has 208 valence electrons. The number of benzene rings is 3. The second kappa shape index (κ2) is 12.5. The highest BCUT2D eigenvalue weighted by Gasteiger charge is 2.30. The Morgan fingerprint density at radius 1 is 0.829 bits per heavy atom. The molecule has 0 aliphatic carbocycles. The number of hydrogen-bond donors (Lipinski definition) is 0. The van der Waals surface area contributed by atoms with Crippen LogP contribution in [-0.2, 0) is 10.9 Å². The van der Waals surface area contributed by atoms with Crippen LogP contribution in [0.25, 0.3) is 22.3 Å². The summed E-state index contributed by atoms with van der Waals surface area (Å²) >= 11 is 8.01. The summed E-state index contributed by atoms with van der Waals surface area (Å²) in [7, 11) is 1.59. The zero-order valence-corrected chi connectivity index (χ0v) is 23.0. The van der Waals surface area contributed by atoms with Gasteiger partial charge in [0.15, 0.2) is 5.82 Å². The largest absolute Gasteiger partial charge is 0.455 e. The van der Waals surface area contributed by atoms with E-state index in [1.807, 2.05) is 22.5 Å². The predicted molar refractivity (Wildman–Crippen MR) is 152 cm³/mol. The van der Waals surface area contributed by atoms with Gasteiger partial charge in [0.05, 0.1) is 23.0 Å². The molecule has 0 spiro atoms. The number of rotatable bonds is 9. The van der Waals surface area contributed by atoms with Crippen LogP contribution >= 0.6 is 23.5 Å². The molecule has 0 unspecified atom stereocenters. The topological polar surface area (TPSA) is 73.3 Å². The van der Waals surface area contributed by atoms with Crippen molar-refractivity contribution in [1.29, 1.82) is 0 Å². The highest BCUT2D eigenvalue weighted by atomic mass is 35.5. The molecule has 2 heterocycles. The fraction of sp³-hybridized carbons (Fsp3) is 0.103. The number of halogens is 4. The zero-order valence-electron chi connectivity index (χ0n) is 21.4. The van der Waals surface area contributed by atoms with E-state index in [1.54, 1.807) is 62.1 Å². The lowest BCUT2D eigenvalue weighted by Gasteiger charge is -2.21. The Hall–Kier alpha value is -4.19. The maximum absolute atomic E-state index is 13.0. The second-order valence-electron chi connectivity index (χ2n) is 8.58. The number of methoxy groups -OCH3 is 1. The van der Waals surface area contributed by atoms with Crippen LogP contribution in [0.1, 0.15) is 5.56 Å². The smallest absolute Gasteiger partial charge is 0.416 e. The van der Waals surface area contributed by atoms with Crippen molar-refractivity contribution in [2.45, 2.75) is 11.1 Å². The highest BCUT2D eigenvalue weighted by Crippen LogP contribution is 2.40. The van der Waals surface area contributed by atoms with Crippen LogP contribution in [0.2, 0.25) is 5.02 Å². The van der Waals surface area contributed by atoms with Gasteiger partial charge in [-0.1, -0.05) is 29.8 Å². The van der Waals surface area contributed by atoms with Crippen LogP contribution < -0.4 is 9.04 Å². The summed E-state index contributed by atoms with van der Waals surface area (Å²) in [5.74, 6) is 1.52. The third-order valence-corrected chi connectivity index (χ3v) is 7.09. The summed E-state index contributed by atoms with van der Waals surface area (Å²) < 4.78 is 52.5. The van der Waals surface area contributed by atoms with E-state index in [0.29, 0.717) is 44.6 Å². The number of anilines is 1. The van der Waals surface area contributed by atoms with Crippen molar-refractivity contribution in [3.05, 3.63) is 108 Å². The second-order valence-corrected chi connectivity index (χ2v) is 10.1. The third kappa shape index (κ3) is 6.94. The standard InChI is InChI=1S/C29H21ClF3N5O2S/c1-39-18-38(28-3-2-13-35-37-28)41-23-9-11-27(25(30)16-23)40-26-10-6-20(15-24(26)21-12-14-34-36-17-21)19-4-7-22(8-5-19)29(31,32)33/h2-17H,18H2,1H3. The lowest BCUT2D eigenvalue weighted by atomic mass is 9.98. The first-order valence-electron chi connectivity index (χ1n) is 12.1. The van der Waals surface area contributed by atoms with Crippen molar-refractivity contribution in [3.63, 3.8) is 0 Å². The summed E-state index contributed by atoms with van der Waals surface area (Å²) in [4.78, 5) is 0.821. The van der Waals surface area contributed by atoms with Gasteiger partial charge in [-0.15, -0.1) is 5.10 Å². The summed E-state index contributed by atoms with van der Waals surface area (Å²) in [6.45, 7) is 0.272. The van der Waals surface area contributed by atoms with Crippen molar-refractivity contribution < 1.29 is 22.6 Å². The van der Waals surface area contributed by atoms with Gasteiger partial charge in [-0.2, -0.15) is 28.5 Å². The molecular weight excluding hydrogens is 575 g/mol. The van der Waals surface area contributed by atoms with Gasteiger partial charge in [0.2, 0.25) is 0 Å². The quantitative estimate of drug-likeness (QED) is 0.125. The third-order valence-electron chi connectivity index (χ3n) is 5.82. The number of nitrogens with zero attached hydrogens (tertiary/aromatic N) is 5. The molecule has 12 heteroatoms. The van der Waals surface area contributed by atoms with Gasteiger partial charge in [0.1, 0.15) is 18.2 Å². The molecule has 0 atom stereocenters. The molecule has 3 aromatic carbocycles. The molecule has 0 fully saturated rings. The number of alkyl halides is 3. The minimum absolute atomic E-state index is 0.272. The van der Waals surface area contributed by atoms with Crippen LogP contribution in [0.3, 0.4) is 0 Å². The first-order valence-corrected chi connectivity index (χ1v) is 13.3. The summed E-state index contributed by atoms with van der Waals surface area (Å²) in [6, 6.07) is 21.1. The zero-order chi connectivity index (χ0) is 28.8. The lowest BCUT2D eigenvalue weighted by molar-refractivity contribution is -0.137. The van der Waals surface area contributed by atoms with Crippen molar-refractivity contribution in [1.82, 2.24) is 20.4 Å². The van der Waals surface area contributed by atoms with E-state index in [0.717, 1.165) is 17.0 Å². The van der Waals surface area contributed by atoms with Crippen LogP contribution in [-0.4, -0.2) is 34.2 Å². The van der Waals surface area contributed by atoms with Crippen molar-refractivity contribution in [2.75, 3.05) is 18.1 Å². The monoisotopic (exact) mass is 595 g/mol. The molecule has 0 N–H and O–H groups in total. The Balaban J connectivity index is 1.43. The number of ether oxygens (including phenoxy) is 2. The van der Waals surface area contributed by atoms with Crippen LogP contribution in [0.4, 0.5) is 19.0 Å². The Kier molecular flexibility index (Phi) is 8.67. The summed E-state index contributed by atoms with van der Waals surface area (Å²) in [5.41, 5.74) is 2.00. The molecule has 0 aliphatic heterocycles. The number of hydrogen-bond acceptors (Lipinski definition) is 8. The van der Waals surface area contributed by atoms with E-state index in [4.69, 9.17) is 21.1 Å². The van der Waals surface area contributed by atoms with Crippen molar-refractivity contribution in [3.8, 4) is 33.8 Å². The van der Waals surface area contributed by atoms with Gasteiger partial charge in [-0.05, 0) is 83.7 Å². The maximum Gasteiger partial charge on any atom is 0.416 e. The average molecular weight is 596 g/mol. The van der Waals surface area contributed by atoms with E-state index in [-0.39, 0.29) is 6.73 Å². The Morgan fingerprint density at radius 2 is 1.61 bits per heavy atom. The molecule has 7 nitrogen and oxygen atoms in total. The van der Waals surface area contributed by atoms with Gasteiger partial charge in [-0.3, -0.25) is 4.31 Å². The molecule has 0 bridgehead atoms. The van der Waals surface area contributed by atoms with E-state index in [9.17, 15) is 13.2 Å². The molecular formula is C29H21ClF3N5O2S. The van der Waals surface area contributed by atoms with Gasteiger partial charge in [0, 0.05) is 29.3 Å². The van der Waals surface area contributed by atoms with E-state index in [1.165, 1.54) is 24.1 Å². The first-order chi connectivity index (χ1) is 19.8. The van der Waals surface area contributed by atoms with Gasteiger partial charge >= 0.3 is 6.18 Å². The van der Waals surface area contributed by atoms with Gasteiger partial charge in [-0.25, -0.2) is 0 Å². The predicted octanol–water partition coefficient (Wildman–Crippen LogP) is 8.18. The molecule has 0 saturated carbocycles. The van der Waals surface area contributed by atoms with Crippen LogP contribution in [0, 0.1) is 0 Å².